The number of rotatable bonds is 6. The fourth-order valence-electron chi connectivity index (χ4n) is 6.67. The molecule has 1 aromatic carbocycles. The van der Waals surface area contributed by atoms with Crippen LogP contribution in [0.1, 0.15) is 43.5 Å². The minimum atomic E-state index is -0.460. The minimum Gasteiger partial charge on any atom is -0.497 e. The molecule has 2 saturated heterocycles. The molecular weight excluding hydrogens is 510 g/mol. The molecule has 0 bridgehead atoms. The summed E-state index contributed by atoms with van der Waals surface area (Å²) in [5.74, 6) is 2.65. The number of benzene rings is 1. The maximum atomic E-state index is 13.9. The number of urea groups is 1. The normalized spacial score (nSPS) is 22.1. The number of nitrogens with zero attached hydrogens (tertiary/aromatic N) is 3. The Hall–Kier alpha value is -3.88. The lowest BCUT2D eigenvalue weighted by atomic mass is 9.81. The van der Waals surface area contributed by atoms with Gasteiger partial charge in [0.1, 0.15) is 23.0 Å². The molecular formula is C31H39N3O6. The number of methoxy groups -OCH3 is 4. The van der Waals surface area contributed by atoms with Crippen LogP contribution >= 0.6 is 0 Å². The Labute approximate surface area is 236 Å². The molecule has 5 rings (SSSR count). The molecule has 2 fully saturated rings. The van der Waals surface area contributed by atoms with Crippen LogP contribution in [-0.2, 0) is 9.47 Å². The van der Waals surface area contributed by atoms with Crippen molar-refractivity contribution in [1.82, 2.24) is 14.7 Å². The standard InChI is InChI=1S/C31H39N3O6/c1-7-34-30(36)33-19-21-8-9-23(37-3)18-26(40-6)28(21)20(2)14-27(33)31(34)10-12-32(13-11-31)29(35)22-15-24(38-4)17-25(16-22)39-5/h9,14-18,20H,7-8,10-13,19H2,1-6H3. The van der Waals surface area contributed by atoms with Crippen molar-refractivity contribution in [3.8, 4) is 11.5 Å². The molecule has 9 nitrogen and oxygen atoms in total. The van der Waals surface area contributed by atoms with E-state index < -0.39 is 5.54 Å². The number of likely N-dealkylation sites (N-methyl/N-ethyl adjacent to an activating group) is 1. The van der Waals surface area contributed by atoms with E-state index in [4.69, 9.17) is 18.9 Å². The molecule has 0 radical (unpaired) electrons. The zero-order valence-corrected chi connectivity index (χ0v) is 24.3. The summed E-state index contributed by atoms with van der Waals surface area (Å²) in [5.41, 5.74) is 3.37. The first-order valence-corrected chi connectivity index (χ1v) is 13.9. The largest absolute Gasteiger partial charge is 0.497 e. The zero-order valence-electron chi connectivity index (χ0n) is 24.3. The summed E-state index contributed by atoms with van der Waals surface area (Å²) in [4.78, 5) is 33.3. The molecule has 4 aliphatic rings. The van der Waals surface area contributed by atoms with Gasteiger partial charge in [0, 0.05) is 61.1 Å². The van der Waals surface area contributed by atoms with Crippen molar-refractivity contribution in [1.29, 1.82) is 0 Å². The molecule has 1 aromatic rings. The predicted octanol–water partition coefficient (Wildman–Crippen LogP) is 4.73. The molecule has 40 heavy (non-hydrogen) atoms. The van der Waals surface area contributed by atoms with Crippen molar-refractivity contribution in [2.24, 2.45) is 5.92 Å². The maximum absolute atomic E-state index is 13.9. The highest BCUT2D eigenvalue weighted by Gasteiger charge is 2.55. The van der Waals surface area contributed by atoms with Crippen LogP contribution in [0.25, 0.3) is 0 Å². The number of hydrogen-bond donors (Lipinski definition) is 0. The van der Waals surface area contributed by atoms with Crippen LogP contribution in [0.2, 0.25) is 0 Å². The van der Waals surface area contributed by atoms with Crippen LogP contribution in [0.15, 0.2) is 64.8 Å². The quantitative estimate of drug-likeness (QED) is 0.511. The lowest BCUT2D eigenvalue weighted by molar-refractivity contribution is 0.0574. The minimum absolute atomic E-state index is 0.0233. The number of likely N-dealkylation sites (tertiary alicyclic amines) is 1. The third-order valence-electron chi connectivity index (χ3n) is 8.68. The molecule has 0 N–H and O–H groups in total. The first kappa shape index (κ1) is 27.7. The van der Waals surface area contributed by atoms with Gasteiger partial charge in [0.25, 0.3) is 5.91 Å². The van der Waals surface area contributed by atoms with E-state index in [-0.39, 0.29) is 17.9 Å². The smallest absolute Gasteiger partial charge is 0.325 e. The number of fused-ring (bicyclic) bond motifs is 2. The van der Waals surface area contributed by atoms with Crippen molar-refractivity contribution in [2.45, 2.75) is 38.6 Å². The number of hydrogen-bond acceptors (Lipinski definition) is 6. The Morgan fingerprint density at radius 3 is 2.25 bits per heavy atom. The van der Waals surface area contributed by atoms with Crippen molar-refractivity contribution < 1.29 is 28.5 Å². The summed E-state index contributed by atoms with van der Waals surface area (Å²) >= 11 is 0. The van der Waals surface area contributed by atoms with Crippen LogP contribution in [0, 0.1) is 5.92 Å². The van der Waals surface area contributed by atoms with Crippen molar-refractivity contribution in [3.63, 3.8) is 0 Å². The number of carbonyl (C=O) groups excluding carboxylic acids is 2. The molecule has 0 aromatic heterocycles. The molecule has 3 heterocycles. The third kappa shape index (κ3) is 4.51. The summed E-state index contributed by atoms with van der Waals surface area (Å²) in [6.45, 7) is 6.38. The van der Waals surface area contributed by atoms with Crippen LogP contribution in [0.5, 0.6) is 11.5 Å². The molecule has 0 saturated carbocycles. The molecule has 3 amide bonds. The molecule has 1 unspecified atom stereocenters. The van der Waals surface area contributed by atoms with E-state index >= 15 is 0 Å². The van der Waals surface area contributed by atoms with E-state index in [1.54, 1.807) is 46.6 Å². The van der Waals surface area contributed by atoms with Gasteiger partial charge in [-0.05, 0) is 50.0 Å². The monoisotopic (exact) mass is 549 g/mol. The fourth-order valence-corrected chi connectivity index (χ4v) is 6.67. The van der Waals surface area contributed by atoms with E-state index in [1.807, 2.05) is 33.8 Å². The summed E-state index contributed by atoms with van der Waals surface area (Å²) in [6.07, 6.45) is 8.24. The lowest BCUT2D eigenvalue weighted by Gasteiger charge is -2.44. The topological polar surface area (TPSA) is 80.8 Å². The van der Waals surface area contributed by atoms with E-state index in [0.29, 0.717) is 62.5 Å². The predicted molar refractivity (Wildman–Crippen MR) is 151 cm³/mol. The third-order valence-corrected chi connectivity index (χ3v) is 8.68. The molecule has 1 atom stereocenters. The summed E-state index contributed by atoms with van der Waals surface area (Å²) in [7, 11) is 6.48. The fraction of sp³-hybridized carbons (Fsp3) is 0.484. The van der Waals surface area contributed by atoms with Gasteiger partial charge in [0.15, 0.2) is 0 Å². The summed E-state index contributed by atoms with van der Waals surface area (Å²) in [5, 5.41) is 0. The Morgan fingerprint density at radius 2 is 1.68 bits per heavy atom. The number of ether oxygens (including phenoxy) is 4. The van der Waals surface area contributed by atoms with Crippen LogP contribution < -0.4 is 9.47 Å². The Kier molecular flexibility index (Phi) is 7.57. The van der Waals surface area contributed by atoms with E-state index in [2.05, 4.69) is 13.0 Å². The van der Waals surface area contributed by atoms with Gasteiger partial charge in [-0.2, -0.15) is 0 Å². The van der Waals surface area contributed by atoms with Crippen LogP contribution in [0.4, 0.5) is 4.79 Å². The molecule has 9 heteroatoms. The molecule has 1 spiro atoms. The van der Waals surface area contributed by atoms with Crippen molar-refractivity contribution >= 4 is 11.9 Å². The molecule has 3 aliphatic heterocycles. The van der Waals surface area contributed by atoms with Crippen molar-refractivity contribution in [3.05, 3.63) is 70.4 Å². The average Bonchev–Trinajstić information content (AvgIpc) is 3.13. The van der Waals surface area contributed by atoms with Gasteiger partial charge >= 0.3 is 6.03 Å². The van der Waals surface area contributed by atoms with Crippen molar-refractivity contribution in [2.75, 3.05) is 54.6 Å². The van der Waals surface area contributed by atoms with Gasteiger partial charge in [-0.15, -0.1) is 0 Å². The summed E-state index contributed by atoms with van der Waals surface area (Å²) in [6, 6.07) is 5.26. The van der Waals surface area contributed by atoms with Gasteiger partial charge in [-0.1, -0.05) is 13.0 Å². The first-order valence-electron chi connectivity index (χ1n) is 13.9. The van der Waals surface area contributed by atoms with E-state index in [1.165, 1.54) is 0 Å². The Bertz CT molecular complexity index is 1300. The SMILES string of the molecule is CCN1C(=O)N2CC3=C(C(OC)=CC(OC)=CC3)C(C)C=C2C12CCN(C(=O)c1cc(OC)cc(OC)c1)CC2. The average molecular weight is 550 g/mol. The van der Waals surface area contributed by atoms with E-state index in [0.717, 1.165) is 28.4 Å². The van der Waals surface area contributed by atoms with Gasteiger partial charge in [0.2, 0.25) is 0 Å². The molecule has 1 aliphatic carbocycles. The first-order chi connectivity index (χ1) is 19.3. The highest BCUT2D eigenvalue weighted by atomic mass is 16.5. The lowest BCUT2D eigenvalue weighted by Crippen LogP contribution is -2.54. The second kappa shape index (κ2) is 10.9. The summed E-state index contributed by atoms with van der Waals surface area (Å²) < 4.78 is 22.1. The second-order valence-electron chi connectivity index (χ2n) is 10.6. The van der Waals surface area contributed by atoms with Gasteiger partial charge in [-0.3, -0.25) is 9.69 Å². The zero-order chi connectivity index (χ0) is 28.6. The maximum Gasteiger partial charge on any atom is 0.325 e. The second-order valence-corrected chi connectivity index (χ2v) is 10.6. The number of amides is 3. The number of allylic oxidation sites excluding steroid dienone is 4. The van der Waals surface area contributed by atoms with Gasteiger partial charge < -0.3 is 28.7 Å². The van der Waals surface area contributed by atoms with Crippen LogP contribution in [0.3, 0.4) is 0 Å². The molecule has 214 valence electrons. The Morgan fingerprint density at radius 1 is 1.00 bits per heavy atom. The van der Waals surface area contributed by atoms with Gasteiger partial charge in [0.05, 0.1) is 34.0 Å². The van der Waals surface area contributed by atoms with Crippen LogP contribution in [-0.4, -0.2) is 86.8 Å². The number of piperidine rings is 1. The number of carbonyl (C=O) groups is 2. The highest BCUT2D eigenvalue weighted by Crippen LogP contribution is 2.47. The highest BCUT2D eigenvalue weighted by molar-refractivity contribution is 5.95. The van der Waals surface area contributed by atoms with Gasteiger partial charge in [-0.25, -0.2) is 4.79 Å². The van der Waals surface area contributed by atoms with E-state index in [9.17, 15) is 9.59 Å². The Balaban J connectivity index is 1.44.